The van der Waals surface area contributed by atoms with Crippen LogP contribution >= 0.6 is 11.6 Å². The molecule has 0 aromatic heterocycles. The topological polar surface area (TPSA) is 23.5 Å². The standard InChI is InChI=1S/C15H15ClFNO/c1-10(19)11-6-7-15(14(16)8-11)18(2)13-5-3-4-12(17)9-13/h3-10,19H,1-2H3. The zero-order valence-electron chi connectivity index (χ0n) is 10.8. The molecule has 0 bridgehead atoms. The molecule has 0 fully saturated rings. The van der Waals surface area contributed by atoms with Crippen molar-refractivity contribution in [1.82, 2.24) is 0 Å². The van der Waals surface area contributed by atoms with Crippen LogP contribution in [0.25, 0.3) is 0 Å². The maximum atomic E-state index is 13.2. The zero-order chi connectivity index (χ0) is 14.0. The van der Waals surface area contributed by atoms with Gasteiger partial charge in [-0.05, 0) is 42.8 Å². The van der Waals surface area contributed by atoms with E-state index in [4.69, 9.17) is 11.6 Å². The fourth-order valence-corrected chi connectivity index (χ4v) is 2.19. The number of halogens is 2. The Morgan fingerprint density at radius 1 is 1.21 bits per heavy atom. The Labute approximate surface area is 117 Å². The fraction of sp³-hybridized carbons (Fsp3) is 0.200. The van der Waals surface area contributed by atoms with Crippen molar-refractivity contribution < 1.29 is 9.50 Å². The molecule has 1 atom stereocenters. The van der Waals surface area contributed by atoms with Gasteiger partial charge in [0.1, 0.15) is 5.82 Å². The van der Waals surface area contributed by atoms with Gasteiger partial charge in [0.05, 0.1) is 16.8 Å². The van der Waals surface area contributed by atoms with Gasteiger partial charge in [0, 0.05) is 12.7 Å². The van der Waals surface area contributed by atoms with Crippen LogP contribution in [0.5, 0.6) is 0 Å². The van der Waals surface area contributed by atoms with Crippen LogP contribution in [0.3, 0.4) is 0 Å². The largest absolute Gasteiger partial charge is 0.389 e. The van der Waals surface area contributed by atoms with Crippen LogP contribution in [-0.2, 0) is 0 Å². The van der Waals surface area contributed by atoms with Crippen molar-refractivity contribution in [2.24, 2.45) is 0 Å². The second-order valence-electron chi connectivity index (χ2n) is 4.43. The van der Waals surface area contributed by atoms with E-state index in [1.807, 2.05) is 25.2 Å². The molecular formula is C15H15ClFNO. The van der Waals surface area contributed by atoms with Crippen molar-refractivity contribution in [1.29, 1.82) is 0 Å². The van der Waals surface area contributed by atoms with Crippen molar-refractivity contribution in [3.8, 4) is 0 Å². The molecule has 0 amide bonds. The molecule has 0 saturated carbocycles. The zero-order valence-corrected chi connectivity index (χ0v) is 11.5. The first kappa shape index (κ1) is 13.8. The van der Waals surface area contributed by atoms with Crippen molar-refractivity contribution in [2.45, 2.75) is 13.0 Å². The van der Waals surface area contributed by atoms with Crippen molar-refractivity contribution in [3.05, 3.63) is 58.9 Å². The molecule has 19 heavy (non-hydrogen) atoms. The number of aliphatic hydroxyl groups is 1. The number of hydrogen-bond acceptors (Lipinski definition) is 2. The predicted octanol–water partition coefficient (Wildman–Crippen LogP) is 4.30. The van der Waals surface area contributed by atoms with E-state index in [-0.39, 0.29) is 5.82 Å². The van der Waals surface area contributed by atoms with E-state index < -0.39 is 6.10 Å². The average Bonchev–Trinajstić information content (AvgIpc) is 2.37. The number of hydrogen-bond donors (Lipinski definition) is 1. The first-order chi connectivity index (χ1) is 8.99. The lowest BCUT2D eigenvalue weighted by atomic mass is 10.1. The Hall–Kier alpha value is -1.58. The number of rotatable bonds is 3. The number of aliphatic hydroxyl groups excluding tert-OH is 1. The maximum absolute atomic E-state index is 13.2. The number of benzene rings is 2. The lowest BCUT2D eigenvalue weighted by Gasteiger charge is -2.21. The highest BCUT2D eigenvalue weighted by Gasteiger charge is 2.11. The third kappa shape index (κ3) is 3.06. The summed E-state index contributed by atoms with van der Waals surface area (Å²) in [6.07, 6.45) is -0.564. The first-order valence-corrected chi connectivity index (χ1v) is 6.33. The molecule has 0 aliphatic heterocycles. The SMILES string of the molecule is CC(O)c1ccc(N(C)c2cccc(F)c2)c(Cl)c1. The van der Waals surface area contributed by atoms with Crippen LogP contribution in [0.15, 0.2) is 42.5 Å². The van der Waals surface area contributed by atoms with Crippen molar-refractivity contribution in [2.75, 3.05) is 11.9 Å². The van der Waals surface area contributed by atoms with Crippen LogP contribution < -0.4 is 4.90 Å². The minimum atomic E-state index is -0.564. The second kappa shape index (κ2) is 5.59. The third-order valence-corrected chi connectivity index (χ3v) is 3.31. The molecule has 2 rings (SSSR count). The van der Waals surface area contributed by atoms with Gasteiger partial charge >= 0.3 is 0 Å². The summed E-state index contributed by atoms with van der Waals surface area (Å²) >= 11 is 6.21. The minimum absolute atomic E-state index is 0.291. The monoisotopic (exact) mass is 279 g/mol. The number of nitrogens with zero attached hydrogens (tertiary/aromatic N) is 1. The summed E-state index contributed by atoms with van der Waals surface area (Å²) < 4.78 is 13.2. The van der Waals surface area contributed by atoms with Crippen LogP contribution in [-0.4, -0.2) is 12.2 Å². The van der Waals surface area contributed by atoms with Crippen LogP contribution in [0.4, 0.5) is 15.8 Å². The normalized spacial score (nSPS) is 12.3. The van der Waals surface area contributed by atoms with E-state index in [0.717, 1.165) is 11.3 Å². The van der Waals surface area contributed by atoms with Crippen LogP contribution in [0.1, 0.15) is 18.6 Å². The highest BCUT2D eigenvalue weighted by Crippen LogP contribution is 2.32. The molecule has 0 spiro atoms. The van der Waals surface area contributed by atoms with Gasteiger partial charge in [0.2, 0.25) is 0 Å². The molecule has 1 unspecified atom stereocenters. The Morgan fingerprint density at radius 2 is 1.95 bits per heavy atom. The molecule has 0 heterocycles. The van der Waals surface area contributed by atoms with Gasteiger partial charge in [-0.3, -0.25) is 0 Å². The van der Waals surface area contributed by atoms with Gasteiger partial charge in [0.25, 0.3) is 0 Å². The smallest absolute Gasteiger partial charge is 0.125 e. The van der Waals surface area contributed by atoms with E-state index >= 15 is 0 Å². The number of anilines is 2. The molecule has 2 aromatic carbocycles. The Morgan fingerprint density at radius 3 is 2.53 bits per heavy atom. The highest BCUT2D eigenvalue weighted by molar-refractivity contribution is 6.33. The van der Waals surface area contributed by atoms with Gasteiger partial charge in [-0.2, -0.15) is 0 Å². The van der Waals surface area contributed by atoms with Gasteiger partial charge < -0.3 is 10.0 Å². The minimum Gasteiger partial charge on any atom is -0.389 e. The van der Waals surface area contributed by atoms with E-state index in [9.17, 15) is 9.50 Å². The predicted molar refractivity (Wildman–Crippen MR) is 76.5 cm³/mol. The summed E-state index contributed by atoms with van der Waals surface area (Å²) in [6, 6.07) is 11.6. The van der Waals surface area contributed by atoms with E-state index in [1.54, 1.807) is 24.0 Å². The molecule has 1 N–H and O–H groups in total. The van der Waals surface area contributed by atoms with E-state index in [0.29, 0.717) is 10.7 Å². The van der Waals surface area contributed by atoms with E-state index in [1.165, 1.54) is 12.1 Å². The summed E-state index contributed by atoms with van der Waals surface area (Å²) in [6.45, 7) is 1.68. The van der Waals surface area contributed by atoms with Crippen molar-refractivity contribution >= 4 is 23.0 Å². The molecule has 4 heteroatoms. The third-order valence-electron chi connectivity index (χ3n) is 3.01. The van der Waals surface area contributed by atoms with Gasteiger partial charge in [-0.15, -0.1) is 0 Å². The summed E-state index contributed by atoms with van der Waals surface area (Å²) in [4.78, 5) is 1.80. The van der Waals surface area contributed by atoms with E-state index in [2.05, 4.69) is 0 Å². The summed E-state index contributed by atoms with van der Waals surface area (Å²) in [5.41, 5.74) is 2.23. The average molecular weight is 280 g/mol. The summed E-state index contributed by atoms with van der Waals surface area (Å²) in [5, 5.41) is 10.0. The van der Waals surface area contributed by atoms with Gasteiger partial charge in [-0.25, -0.2) is 4.39 Å². The molecule has 0 aliphatic rings. The van der Waals surface area contributed by atoms with Gasteiger partial charge in [-0.1, -0.05) is 23.7 Å². The maximum Gasteiger partial charge on any atom is 0.125 e. The Bertz CT molecular complexity index is 586. The molecular weight excluding hydrogens is 265 g/mol. The Kier molecular flexibility index (Phi) is 4.08. The van der Waals surface area contributed by atoms with Crippen LogP contribution in [0, 0.1) is 5.82 Å². The van der Waals surface area contributed by atoms with Crippen LogP contribution in [0.2, 0.25) is 5.02 Å². The molecule has 0 radical (unpaired) electrons. The second-order valence-corrected chi connectivity index (χ2v) is 4.83. The lowest BCUT2D eigenvalue weighted by Crippen LogP contribution is -2.10. The van der Waals surface area contributed by atoms with Crippen molar-refractivity contribution in [3.63, 3.8) is 0 Å². The fourth-order valence-electron chi connectivity index (χ4n) is 1.88. The lowest BCUT2D eigenvalue weighted by molar-refractivity contribution is 0.199. The highest BCUT2D eigenvalue weighted by atomic mass is 35.5. The Balaban J connectivity index is 2.36. The summed E-state index contributed by atoms with van der Waals surface area (Å²) in [5.74, 6) is -0.291. The molecule has 100 valence electrons. The molecule has 0 aliphatic carbocycles. The quantitative estimate of drug-likeness (QED) is 0.905. The summed E-state index contributed by atoms with van der Waals surface area (Å²) in [7, 11) is 1.82. The first-order valence-electron chi connectivity index (χ1n) is 5.96. The molecule has 2 nitrogen and oxygen atoms in total. The molecule has 2 aromatic rings. The molecule has 0 saturated heterocycles. The van der Waals surface area contributed by atoms with Gasteiger partial charge in [0.15, 0.2) is 0 Å².